The molecule has 2 heterocycles. The maximum absolute atomic E-state index is 14.6. The third kappa shape index (κ3) is 4.69. The monoisotopic (exact) mass is 433 g/mol. The van der Waals surface area contributed by atoms with E-state index in [1.165, 1.54) is 17.2 Å². The van der Waals surface area contributed by atoms with Gasteiger partial charge in [0.25, 0.3) is 5.92 Å². The molecule has 2 fully saturated rings. The molecule has 1 aliphatic carbocycles. The predicted octanol–water partition coefficient (Wildman–Crippen LogP) is 4.88. The number of carbonyl (C=O) groups is 1. The summed E-state index contributed by atoms with van der Waals surface area (Å²) in [6.45, 7) is -0.370. The van der Waals surface area contributed by atoms with Crippen molar-refractivity contribution >= 4 is 17.4 Å². The molecule has 1 saturated heterocycles. The number of hydrogen-bond acceptors (Lipinski definition) is 4. The highest BCUT2D eigenvalue weighted by Crippen LogP contribution is 2.40. The molecule has 166 valence electrons. The standard InChI is InChI=1S/C23H26F3N3O2/c1-31-16-8-6-15(7-9-16)22(30)28-20-18(17-4-2-3-5-19(17)24)10-12-27-21(20)29-13-11-23(25,26)14-29/h2-5,10,12,15-16H,6-9,11,13-14H2,1H3,(H,28,30). The Bertz CT molecular complexity index is 945. The molecule has 2 aliphatic rings. The number of rotatable bonds is 5. The molecular weight excluding hydrogens is 407 g/mol. The largest absolute Gasteiger partial charge is 0.381 e. The number of halogens is 3. The van der Waals surface area contributed by atoms with Crippen LogP contribution < -0.4 is 10.2 Å². The molecule has 0 spiro atoms. The number of alkyl halides is 2. The zero-order chi connectivity index (χ0) is 22.0. The number of benzene rings is 1. The van der Waals surface area contributed by atoms with Gasteiger partial charge in [-0.3, -0.25) is 4.79 Å². The van der Waals surface area contributed by atoms with Gasteiger partial charge in [0, 0.05) is 43.3 Å². The Labute approximate surface area is 179 Å². The van der Waals surface area contributed by atoms with E-state index in [1.807, 2.05) is 0 Å². The molecule has 5 nitrogen and oxygen atoms in total. The Hall–Kier alpha value is -2.61. The van der Waals surface area contributed by atoms with Crippen molar-refractivity contribution in [3.8, 4) is 11.1 Å². The van der Waals surface area contributed by atoms with Crippen LogP contribution in [-0.4, -0.2) is 43.1 Å². The fraction of sp³-hybridized carbons (Fsp3) is 0.478. The number of aromatic nitrogens is 1. The van der Waals surface area contributed by atoms with E-state index >= 15 is 0 Å². The minimum atomic E-state index is -2.82. The summed E-state index contributed by atoms with van der Waals surface area (Å²) in [6.07, 6.45) is 4.26. The van der Waals surface area contributed by atoms with Gasteiger partial charge in [0.05, 0.1) is 18.3 Å². The van der Waals surface area contributed by atoms with Crippen molar-refractivity contribution in [3.05, 3.63) is 42.3 Å². The number of nitrogens with zero attached hydrogens (tertiary/aromatic N) is 2. The number of nitrogens with one attached hydrogen (secondary N) is 1. The van der Waals surface area contributed by atoms with Gasteiger partial charge in [0.1, 0.15) is 5.82 Å². The lowest BCUT2D eigenvalue weighted by Gasteiger charge is -2.28. The molecule has 0 bridgehead atoms. The average molecular weight is 433 g/mol. The number of pyridine rings is 1. The minimum Gasteiger partial charge on any atom is -0.381 e. The summed E-state index contributed by atoms with van der Waals surface area (Å²) >= 11 is 0. The van der Waals surface area contributed by atoms with Gasteiger partial charge < -0.3 is 15.0 Å². The van der Waals surface area contributed by atoms with Gasteiger partial charge in [-0.25, -0.2) is 18.2 Å². The maximum atomic E-state index is 14.6. The summed E-state index contributed by atoms with van der Waals surface area (Å²) in [6, 6.07) is 7.81. The highest BCUT2D eigenvalue weighted by atomic mass is 19.3. The molecule has 1 amide bonds. The lowest BCUT2D eigenvalue weighted by molar-refractivity contribution is -0.121. The molecular formula is C23H26F3N3O2. The molecule has 4 rings (SSSR count). The van der Waals surface area contributed by atoms with Crippen LogP contribution >= 0.6 is 0 Å². The van der Waals surface area contributed by atoms with Crippen molar-refractivity contribution < 1.29 is 22.7 Å². The second kappa shape index (κ2) is 8.86. The van der Waals surface area contributed by atoms with Crippen LogP contribution in [0.3, 0.4) is 0 Å². The third-order valence-electron chi connectivity index (χ3n) is 6.19. The molecule has 0 radical (unpaired) electrons. The van der Waals surface area contributed by atoms with Crippen molar-refractivity contribution in [1.29, 1.82) is 0 Å². The van der Waals surface area contributed by atoms with Crippen LogP contribution in [0.4, 0.5) is 24.7 Å². The number of anilines is 2. The second-order valence-electron chi connectivity index (χ2n) is 8.26. The summed E-state index contributed by atoms with van der Waals surface area (Å²) in [5.74, 6) is -3.45. The van der Waals surface area contributed by atoms with Crippen molar-refractivity contribution in [2.45, 2.75) is 44.1 Å². The van der Waals surface area contributed by atoms with Crippen LogP contribution in [0.25, 0.3) is 11.1 Å². The van der Waals surface area contributed by atoms with E-state index in [0.717, 1.165) is 12.8 Å². The number of methoxy groups -OCH3 is 1. The normalized spacial score (nSPS) is 23.0. The minimum absolute atomic E-state index is 0.114. The van der Waals surface area contributed by atoms with E-state index in [-0.39, 0.29) is 48.0 Å². The Morgan fingerprint density at radius 3 is 2.55 bits per heavy atom. The highest BCUT2D eigenvalue weighted by molar-refractivity contribution is 6.00. The fourth-order valence-corrected chi connectivity index (χ4v) is 4.42. The first-order valence-corrected chi connectivity index (χ1v) is 10.6. The first-order chi connectivity index (χ1) is 14.9. The topological polar surface area (TPSA) is 54.5 Å². The van der Waals surface area contributed by atoms with Crippen molar-refractivity contribution in [2.24, 2.45) is 5.92 Å². The molecule has 0 atom stereocenters. The van der Waals surface area contributed by atoms with Crippen molar-refractivity contribution in [3.63, 3.8) is 0 Å². The smallest absolute Gasteiger partial charge is 0.266 e. The summed E-state index contributed by atoms with van der Waals surface area (Å²) in [4.78, 5) is 18.8. The number of hydrogen-bond donors (Lipinski definition) is 1. The number of carbonyl (C=O) groups excluding carboxylic acids is 1. The lowest BCUT2D eigenvalue weighted by atomic mass is 9.86. The molecule has 1 aliphatic heterocycles. The second-order valence-corrected chi connectivity index (χ2v) is 8.26. The molecule has 1 saturated carbocycles. The molecule has 2 aromatic rings. The van der Waals surface area contributed by atoms with Gasteiger partial charge in [0.15, 0.2) is 5.82 Å². The predicted molar refractivity (Wildman–Crippen MR) is 113 cm³/mol. The van der Waals surface area contributed by atoms with Gasteiger partial charge in [-0.05, 0) is 37.8 Å². The molecule has 1 aromatic heterocycles. The van der Waals surface area contributed by atoms with Gasteiger partial charge >= 0.3 is 0 Å². The van der Waals surface area contributed by atoms with Gasteiger partial charge in [-0.15, -0.1) is 0 Å². The number of amides is 1. The summed E-state index contributed by atoms with van der Waals surface area (Å²) in [5.41, 5.74) is 0.997. The zero-order valence-corrected chi connectivity index (χ0v) is 17.4. The van der Waals surface area contributed by atoms with E-state index < -0.39 is 18.3 Å². The fourth-order valence-electron chi connectivity index (χ4n) is 4.42. The van der Waals surface area contributed by atoms with Crippen LogP contribution in [0.1, 0.15) is 32.1 Å². The molecule has 31 heavy (non-hydrogen) atoms. The molecule has 8 heteroatoms. The average Bonchev–Trinajstić information content (AvgIpc) is 3.14. The van der Waals surface area contributed by atoms with E-state index in [4.69, 9.17) is 4.74 Å². The number of ether oxygens (including phenoxy) is 1. The van der Waals surface area contributed by atoms with Gasteiger partial charge in [0.2, 0.25) is 5.91 Å². The molecule has 0 unspecified atom stereocenters. The highest BCUT2D eigenvalue weighted by Gasteiger charge is 2.40. The quantitative estimate of drug-likeness (QED) is 0.731. The van der Waals surface area contributed by atoms with E-state index in [2.05, 4.69) is 10.3 Å². The Kier molecular flexibility index (Phi) is 6.18. The van der Waals surface area contributed by atoms with Crippen LogP contribution in [0.5, 0.6) is 0 Å². The zero-order valence-electron chi connectivity index (χ0n) is 17.4. The van der Waals surface area contributed by atoms with E-state index in [9.17, 15) is 18.0 Å². The molecule has 1 N–H and O–H groups in total. The van der Waals surface area contributed by atoms with Crippen LogP contribution in [0.15, 0.2) is 36.5 Å². The molecule has 1 aromatic carbocycles. The van der Waals surface area contributed by atoms with Crippen molar-refractivity contribution in [1.82, 2.24) is 4.98 Å². The van der Waals surface area contributed by atoms with Crippen molar-refractivity contribution in [2.75, 3.05) is 30.4 Å². The summed E-state index contributed by atoms with van der Waals surface area (Å²) < 4.78 is 47.7. The van der Waals surface area contributed by atoms with Gasteiger partial charge in [-0.1, -0.05) is 18.2 Å². The first kappa shape index (κ1) is 21.6. The first-order valence-electron chi connectivity index (χ1n) is 10.6. The van der Waals surface area contributed by atoms with Crippen LogP contribution in [0.2, 0.25) is 0 Å². The lowest BCUT2D eigenvalue weighted by Crippen LogP contribution is -2.31. The van der Waals surface area contributed by atoms with Crippen LogP contribution in [-0.2, 0) is 9.53 Å². The van der Waals surface area contributed by atoms with E-state index in [1.54, 1.807) is 31.4 Å². The van der Waals surface area contributed by atoms with E-state index in [0.29, 0.717) is 18.4 Å². The maximum Gasteiger partial charge on any atom is 0.266 e. The summed E-state index contributed by atoms with van der Waals surface area (Å²) in [7, 11) is 1.67. The Balaban J connectivity index is 1.68. The van der Waals surface area contributed by atoms with Gasteiger partial charge in [-0.2, -0.15) is 0 Å². The van der Waals surface area contributed by atoms with Crippen LogP contribution in [0, 0.1) is 11.7 Å². The Morgan fingerprint density at radius 1 is 1.16 bits per heavy atom. The summed E-state index contributed by atoms with van der Waals surface area (Å²) in [5, 5.41) is 2.92. The SMILES string of the molecule is COC1CCC(C(=O)Nc2c(-c3ccccc3F)ccnc2N2CCC(F)(F)C2)CC1. The third-order valence-corrected chi connectivity index (χ3v) is 6.19. The Morgan fingerprint density at radius 2 is 1.90 bits per heavy atom.